The fourth-order valence-electron chi connectivity index (χ4n) is 2.15. The average Bonchev–Trinajstić information content (AvgIpc) is 2.54. The zero-order valence-corrected chi connectivity index (χ0v) is 11.3. The zero-order chi connectivity index (χ0) is 14.7. The van der Waals surface area contributed by atoms with Crippen LogP contribution in [0.5, 0.6) is 5.75 Å². The first kappa shape index (κ1) is 13.0. The van der Waals surface area contributed by atoms with Crippen molar-refractivity contribution >= 4 is 17.7 Å². The molecule has 3 heteroatoms. The first-order valence-electron chi connectivity index (χ1n) is 6.57. The number of amides is 1. The van der Waals surface area contributed by atoms with Gasteiger partial charge in [0.05, 0.1) is 5.57 Å². The van der Waals surface area contributed by atoms with Crippen LogP contribution in [-0.2, 0) is 4.79 Å². The van der Waals surface area contributed by atoms with Gasteiger partial charge in [0.1, 0.15) is 12.4 Å². The molecule has 0 saturated carbocycles. The summed E-state index contributed by atoms with van der Waals surface area (Å²) in [6, 6.07) is 14.8. The maximum atomic E-state index is 12.3. The van der Waals surface area contributed by atoms with E-state index >= 15 is 0 Å². The van der Waals surface area contributed by atoms with Gasteiger partial charge < -0.3 is 10.1 Å². The lowest BCUT2D eigenvalue weighted by Gasteiger charge is -2.17. The van der Waals surface area contributed by atoms with Crippen molar-refractivity contribution in [1.82, 2.24) is 0 Å². The minimum atomic E-state index is -0.182. The van der Waals surface area contributed by atoms with Gasteiger partial charge >= 0.3 is 0 Å². The maximum Gasteiger partial charge on any atom is 0.255 e. The third kappa shape index (κ3) is 2.80. The Morgan fingerprint density at radius 1 is 1.19 bits per heavy atom. The summed E-state index contributed by atoms with van der Waals surface area (Å²) in [4.78, 5) is 12.3. The molecule has 0 spiro atoms. The summed E-state index contributed by atoms with van der Waals surface area (Å²) in [6.07, 6.45) is 7.20. The van der Waals surface area contributed by atoms with Gasteiger partial charge in [0.15, 0.2) is 0 Å². The number of para-hydroxylation sites is 1. The molecule has 0 bridgehead atoms. The Balaban J connectivity index is 1.80. The molecular weight excluding hydrogens is 262 g/mol. The van der Waals surface area contributed by atoms with E-state index in [1.165, 1.54) is 0 Å². The van der Waals surface area contributed by atoms with Crippen molar-refractivity contribution in [2.45, 2.75) is 0 Å². The quantitative estimate of drug-likeness (QED) is 0.855. The van der Waals surface area contributed by atoms with Gasteiger partial charge in [-0.05, 0) is 30.3 Å². The topological polar surface area (TPSA) is 38.3 Å². The van der Waals surface area contributed by atoms with E-state index in [4.69, 9.17) is 11.2 Å². The van der Waals surface area contributed by atoms with Gasteiger partial charge in [-0.15, -0.1) is 6.42 Å². The van der Waals surface area contributed by atoms with Gasteiger partial charge in [-0.25, -0.2) is 0 Å². The third-order valence-electron chi connectivity index (χ3n) is 3.21. The van der Waals surface area contributed by atoms with Crippen molar-refractivity contribution in [2.24, 2.45) is 0 Å². The SMILES string of the molecule is C#Cc1cccc(NC(=O)C2=Cc3ccccc3OC2)c1. The van der Waals surface area contributed by atoms with Crippen LogP contribution in [0.15, 0.2) is 54.1 Å². The highest BCUT2D eigenvalue weighted by Gasteiger charge is 2.16. The molecule has 0 fully saturated rings. The van der Waals surface area contributed by atoms with Crippen LogP contribution in [-0.4, -0.2) is 12.5 Å². The molecule has 2 aromatic rings. The van der Waals surface area contributed by atoms with E-state index in [1.54, 1.807) is 12.1 Å². The number of hydrogen-bond acceptors (Lipinski definition) is 2. The third-order valence-corrected chi connectivity index (χ3v) is 3.21. The summed E-state index contributed by atoms with van der Waals surface area (Å²) in [7, 11) is 0. The van der Waals surface area contributed by atoms with Crippen LogP contribution >= 0.6 is 0 Å². The summed E-state index contributed by atoms with van der Waals surface area (Å²) < 4.78 is 5.58. The number of carbonyl (C=O) groups excluding carboxylic acids is 1. The standard InChI is InChI=1S/C18H13NO2/c1-2-13-6-5-8-16(10-13)19-18(20)15-11-14-7-3-4-9-17(14)21-12-15/h1,3-11H,12H2,(H,19,20). The number of hydrogen-bond donors (Lipinski definition) is 1. The maximum absolute atomic E-state index is 12.3. The molecule has 1 amide bonds. The summed E-state index contributed by atoms with van der Waals surface area (Å²) in [5, 5.41) is 2.83. The Labute approximate surface area is 123 Å². The number of carbonyl (C=O) groups is 1. The van der Waals surface area contributed by atoms with E-state index in [9.17, 15) is 4.79 Å². The highest BCUT2D eigenvalue weighted by Crippen LogP contribution is 2.26. The second-order valence-electron chi connectivity index (χ2n) is 4.68. The molecule has 0 saturated heterocycles. The molecule has 0 aliphatic carbocycles. The average molecular weight is 275 g/mol. The molecular formula is C18H13NO2. The molecule has 1 aliphatic rings. The molecule has 3 rings (SSSR count). The molecule has 1 heterocycles. The van der Waals surface area contributed by atoms with Crippen molar-refractivity contribution in [3.63, 3.8) is 0 Å². The second-order valence-corrected chi connectivity index (χ2v) is 4.68. The van der Waals surface area contributed by atoms with E-state index in [-0.39, 0.29) is 12.5 Å². The van der Waals surface area contributed by atoms with E-state index in [0.717, 1.165) is 16.9 Å². The van der Waals surface area contributed by atoms with Crippen molar-refractivity contribution in [2.75, 3.05) is 11.9 Å². The minimum absolute atomic E-state index is 0.182. The number of ether oxygens (including phenoxy) is 1. The van der Waals surface area contributed by atoms with Gasteiger partial charge in [0, 0.05) is 16.8 Å². The van der Waals surface area contributed by atoms with Gasteiger partial charge in [-0.2, -0.15) is 0 Å². The van der Waals surface area contributed by atoms with Crippen LogP contribution < -0.4 is 10.1 Å². The Bertz CT molecular complexity index is 769. The molecule has 0 radical (unpaired) electrons. The molecule has 1 aliphatic heterocycles. The first-order chi connectivity index (χ1) is 10.3. The van der Waals surface area contributed by atoms with Crippen LogP contribution in [0.2, 0.25) is 0 Å². The van der Waals surface area contributed by atoms with Crippen molar-refractivity contribution in [3.8, 4) is 18.1 Å². The van der Waals surface area contributed by atoms with Gasteiger partial charge in [0.2, 0.25) is 0 Å². The van der Waals surface area contributed by atoms with Crippen molar-refractivity contribution in [3.05, 3.63) is 65.2 Å². The van der Waals surface area contributed by atoms with Crippen molar-refractivity contribution < 1.29 is 9.53 Å². The van der Waals surface area contributed by atoms with Crippen molar-refractivity contribution in [1.29, 1.82) is 0 Å². The van der Waals surface area contributed by atoms with E-state index in [1.807, 2.05) is 42.5 Å². The van der Waals surface area contributed by atoms with Crippen LogP contribution in [0.1, 0.15) is 11.1 Å². The number of terminal acetylenes is 1. The predicted octanol–water partition coefficient (Wildman–Crippen LogP) is 3.08. The van der Waals surface area contributed by atoms with E-state index in [0.29, 0.717) is 11.3 Å². The predicted molar refractivity (Wildman–Crippen MR) is 82.9 cm³/mol. The lowest BCUT2D eigenvalue weighted by Crippen LogP contribution is -2.21. The Kier molecular flexibility index (Phi) is 3.44. The smallest absolute Gasteiger partial charge is 0.255 e. The normalized spacial score (nSPS) is 12.4. The monoisotopic (exact) mass is 275 g/mol. The lowest BCUT2D eigenvalue weighted by molar-refractivity contribution is -0.113. The van der Waals surface area contributed by atoms with E-state index in [2.05, 4.69) is 11.2 Å². The van der Waals surface area contributed by atoms with Gasteiger partial charge in [0.25, 0.3) is 5.91 Å². The summed E-state index contributed by atoms with van der Waals surface area (Å²) in [5.74, 6) is 3.16. The number of benzene rings is 2. The van der Waals surface area contributed by atoms with Crippen LogP contribution in [0.3, 0.4) is 0 Å². The largest absolute Gasteiger partial charge is 0.488 e. The number of anilines is 1. The first-order valence-corrected chi connectivity index (χ1v) is 6.57. The second kappa shape index (κ2) is 5.56. The van der Waals surface area contributed by atoms with Crippen LogP contribution in [0.25, 0.3) is 6.08 Å². The molecule has 0 unspecified atom stereocenters. The van der Waals surface area contributed by atoms with Gasteiger partial charge in [-0.1, -0.05) is 30.2 Å². The van der Waals surface area contributed by atoms with Crippen LogP contribution in [0, 0.1) is 12.3 Å². The molecule has 0 aromatic heterocycles. The molecule has 2 aromatic carbocycles. The number of fused-ring (bicyclic) bond motifs is 1. The lowest BCUT2D eigenvalue weighted by atomic mass is 10.1. The molecule has 0 atom stereocenters. The fraction of sp³-hybridized carbons (Fsp3) is 0.0556. The summed E-state index contributed by atoms with van der Waals surface area (Å²) in [5.41, 5.74) is 2.90. The summed E-state index contributed by atoms with van der Waals surface area (Å²) in [6.45, 7) is 0.262. The Morgan fingerprint density at radius 2 is 2.05 bits per heavy atom. The number of rotatable bonds is 2. The highest BCUT2D eigenvalue weighted by atomic mass is 16.5. The molecule has 102 valence electrons. The highest BCUT2D eigenvalue weighted by molar-refractivity contribution is 6.07. The number of nitrogens with one attached hydrogen (secondary N) is 1. The summed E-state index contributed by atoms with van der Waals surface area (Å²) >= 11 is 0. The zero-order valence-electron chi connectivity index (χ0n) is 11.3. The Morgan fingerprint density at radius 3 is 2.90 bits per heavy atom. The molecule has 21 heavy (non-hydrogen) atoms. The minimum Gasteiger partial charge on any atom is -0.488 e. The van der Waals surface area contributed by atoms with Gasteiger partial charge in [-0.3, -0.25) is 4.79 Å². The molecule has 3 nitrogen and oxygen atoms in total. The molecule has 1 N–H and O–H groups in total. The Hall–Kier alpha value is -2.99. The fourth-order valence-corrected chi connectivity index (χ4v) is 2.15. The van der Waals surface area contributed by atoms with E-state index < -0.39 is 0 Å². The van der Waals surface area contributed by atoms with Crippen LogP contribution in [0.4, 0.5) is 5.69 Å².